The zero-order valence-corrected chi connectivity index (χ0v) is 11.2. The molecule has 104 valence electrons. The Hall–Kier alpha value is -2.88. The third kappa shape index (κ3) is 2.31. The highest BCUT2D eigenvalue weighted by Crippen LogP contribution is 2.22. The van der Waals surface area contributed by atoms with Gasteiger partial charge in [0.2, 0.25) is 0 Å². The average Bonchev–Trinajstić information content (AvgIpc) is 2.74. The lowest BCUT2D eigenvalue weighted by atomic mass is 10.1. The van der Waals surface area contributed by atoms with Gasteiger partial charge in [0, 0.05) is 12.1 Å². The topological polar surface area (TPSA) is 57.6 Å². The number of fused-ring (bicyclic) bond motifs is 1. The van der Waals surface area contributed by atoms with Crippen molar-refractivity contribution in [3.63, 3.8) is 0 Å². The Morgan fingerprint density at radius 3 is 2.10 bits per heavy atom. The lowest BCUT2D eigenvalue weighted by Gasteiger charge is -2.10. The number of carbonyl (C=O) groups excluding carboxylic acids is 2. The van der Waals surface area contributed by atoms with Crippen molar-refractivity contribution in [2.24, 2.45) is 0 Å². The summed E-state index contributed by atoms with van der Waals surface area (Å²) >= 11 is 0. The van der Waals surface area contributed by atoms with E-state index in [1.54, 1.807) is 60.7 Å². The molecule has 0 radical (unpaired) electrons. The molecular weight excluding hydrogens is 266 g/mol. The molecule has 1 aliphatic rings. The summed E-state index contributed by atoms with van der Waals surface area (Å²) in [7, 11) is 0. The van der Waals surface area contributed by atoms with Gasteiger partial charge in [0.15, 0.2) is 0 Å². The van der Waals surface area contributed by atoms with Gasteiger partial charge in [0.25, 0.3) is 11.8 Å². The first kappa shape index (κ1) is 13.1. The minimum atomic E-state index is -0.280. The van der Waals surface area contributed by atoms with Crippen molar-refractivity contribution in [2.45, 2.75) is 0 Å². The molecule has 0 saturated heterocycles. The molecule has 1 N–H and O–H groups in total. The molecule has 2 aromatic rings. The zero-order chi connectivity index (χ0) is 14.8. The number of aromatic hydroxyl groups is 1. The standard InChI is InChI=1S/C17H13NO3/c19-15-10-4-1-6-12(15)7-5-11-18-16(20)13-8-2-3-9-14(13)17(18)21/h1-10,19H,11H2/b7-5+. The largest absolute Gasteiger partial charge is 0.507 e. The molecule has 0 aromatic heterocycles. The summed E-state index contributed by atoms with van der Waals surface area (Å²) < 4.78 is 0. The van der Waals surface area contributed by atoms with Gasteiger partial charge < -0.3 is 5.11 Å². The van der Waals surface area contributed by atoms with Crippen LogP contribution in [0.1, 0.15) is 26.3 Å². The van der Waals surface area contributed by atoms with Gasteiger partial charge in [-0.05, 0) is 18.2 Å². The molecule has 2 amide bonds. The maximum atomic E-state index is 12.1. The minimum absolute atomic E-state index is 0.163. The number of hydrogen-bond donors (Lipinski definition) is 1. The van der Waals surface area contributed by atoms with E-state index in [1.165, 1.54) is 4.90 Å². The Balaban J connectivity index is 1.77. The van der Waals surface area contributed by atoms with E-state index in [1.807, 2.05) is 0 Å². The number of phenols is 1. The lowest BCUT2D eigenvalue weighted by Crippen LogP contribution is -2.29. The first-order valence-electron chi connectivity index (χ1n) is 6.58. The Labute approximate surface area is 121 Å². The van der Waals surface area contributed by atoms with Crippen LogP contribution >= 0.6 is 0 Å². The monoisotopic (exact) mass is 279 g/mol. The molecule has 3 rings (SSSR count). The van der Waals surface area contributed by atoms with Crippen molar-refractivity contribution in [3.05, 3.63) is 71.3 Å². The van der Waals surface area contributed by atoms with E-state index in [0.717, 1.165) is 0 Å². The zero-order valence-electron chi connectivity index (χ0n) is 11.2. The van der Waals surface area contributed by atoms with Gasteiger partial charge in [-0.1, -0.05) is 42.5 Å². The van der Waals surface area contributed by atoms with Crippen molar-refractivity contribution in [1.82, 2.24) is 4.90 Å². The van der Waals surface area contributed by atoms with Crippen LogP contribution in [-0.4, -0.2) is 28.4 Å². The van der Waals surface area contributed by atoms with Crippen LogP contribution < -0.4 is 0 Å². The van der Waals surface area contributed by atoms with Crippen molar-refractivity contribution in [3.8, 4) is 5.75 Å². The van der Waals surface area contributed by atoms with Crippen molar-refractivity contribution in [1.29, 1.82) is 0 Å². The molecule has 0 unspecified atom stereocenters. The van der Waals surface area contributed by atoms with E-state index in [-0.39, 0.29) is 24.1 Å². The quantitative estimate of drug-likeness (QED) is 0.879. The van der Waals surface area contributed by atoms with Crippen molar-refractivity contribution < 1.29 is 14.7 Å². The molecule has 0 fully saturated rings. The van der Waals surface area contributed by atoms with Crippen molar-refractivity contribution in [2.75, 3.05) is 6.54 Å². The van der Waals surface area contributed by atoms with E-state index in [4.69, 9.17) is 0 Å². The van der Waals surface area contributed by atoms with E-state index in [0.29, 0.717) is 16.7 Å². The average molecular weight is 279 g/mol. The minimum Gasteiger partial charge on any atom is -0.507 e. The molecule has 0 aliphatic carbocycles. The number of rotatable bonds is 3. The maximum absolute atomic E-state index is 12.1. The normalized spacial score (nSPS) is 14.0. The molecule has 0 atom stereocenters. The van der Waals surface area contributed by atoms with Crippen LogP contribution in [0.25, 0.3) is 6.08 Å². The van der Waals surface area contributed by atoms with E-state index in [9.17, 15) is 14.7 Å². The number of imide groups is 1. The molecule has 0 saturated carbocycles. The third-order valence-electron chi connectivity index (χ3n) is 3.40. The summed E-state index contributed by atoms with van der Waals surface area (Å²) in [4.78, 5) is 25.5. The molecule has 0 bridgehead atoms. The van der Waals surface area contributed by atoms with E-state index < -0.39 is 0 Å². The predicted octanol–water partition coefficient (Wildman–Crippen LogP) is 2.70. The summed E-state index contributed by atoms with van der Waals surface area (Å²) in [5.41, 5.74) is 1.53. The predicted molar refractivity (Wildman–Crippen MR) is 78.9 cm³/mol. The first-order chi connectivity index (χ1) is 10.2. The van der Waals surface area contributed by atoms with E-state index >= 15 is 0 Å². The second-order valence-electron chi connectivity index (χ2n) is 4.73. The van der Waals surface area contributed by atoms with Crippen LogP contribution in [-0.2, 0) is 0 Å². The van der Waals surface area contributed by atoms with Gasteiger partial charge in [-0.2, -0.15) is 0 Å². The molecule has 0 spiro atoms. The Bertz CT molecular complexity index is 714. The van der Waals surface area contributed by atoms with Crippen LogP contribution in [0.15, 0.2) is 54.6 Å². The number of hydrogen-bond acceptors (Lipinski definition) is 3. The van der Waals surface area contributed by atoms with Crippen molar-refractivity contribution >= 4 is 17.9 Å². The molecule has 4 nitrogen and oxygen atoms in total. The number of para-hydroxylation sites is 1. The molecule has 2 aromatic carbocycles. The third-order valence-corrected chi connectivity index (χ3v) is 3.40. The Kier molecular flexibility index (Phi) is 3.28. The molecule has 21 heavy (non-hydrogen) atoms. The van der Waals surface area contributed by atoms with Gasteiger partial charge in [0.05, 0.1) is 11.1 Å². The summed E-state index contributed by atoms with van der Waals surface area (Å²) in [5.74, 6) is -0.397. The molecular formula is C17H13NO3. The van der Waals surface area contributed by atoms with Gasteiger partial charge in [-0.3, -0.25) is 14.5 Å². The van der Waals surface area contributed by atoms with Crippen LogP contribution in [0.3, 0.4) is 0 Å². The first-order valence-corrected chi connectivity index (χ1v) is 6.58. The Morgan fingerprint density at radius 2 is 1.48 bits per heavy atom. The highest BCUT2D eigenvalue weighted by atomic mass is 16.3. The molecule has 1 heterocycles. The highest BCUT2D eigenvalue weighted by Gasteiger charge is 2.33. The number of amides is 2. The van der Waals surface area contributed by atoms with Gasteiger partial charge in [-0.15, -0.1) is 0 Å². The Morgan fingerprint density at radius 1 is 0.905 bits per heavy atom. The molecule has 1 aliphatic heterocycles. The van der Waals surface area contributed by atoms with Gasteiger partial charge in [0.1, 0.15) is 5.75 Å². The summed E-state index contributed by atoms with van der Waals surface area (Å²) in [6.07, 6.45) is 3.38. The second-order valence-corrected chi connectivity index (χ2v) is 4.73. The fourth-order valence-electron chi connectivity index (χ4n) is 2.32. The van der Waals surface area contributed by atoms with Gasteiger partial charge >= 0.3 is 0 Å². The van der Waals surface area contributed by atoms with Crippen LogP contribution in [0.2, 0.25) is 0 Å². The number of carbonyl (C=O) groups is 2. The van der Waals surface area contributed by atoms with E-state index in [2.05, 4.69) is 0 Å². The summed E-state index contributed by atoms with van der Waals surface area (Å²) in [6, 6.07) is 13.7. The van der Waals surface area contributed by atoms with Crippen LogP contribution in [0, 0.1) is 0 Å². The summed E-state index contributed by atoms with van der Waals surface area (Å²) in [5, 5.41) is 9.65. The number of benzene rings is 2. The fourth-order valence-corrected chi connectivity index (χ4v) is 2.32. The summed E-state index contributed by atoms with van der Waals surface area (Å²) in [6.45, 7) is 0.181. The molecule has 4 heteroatoms. The number of nitrogens with zero attached hydrogens (tertiary/aromatic N) is 1. The fraction of sp³-hybridized carbons (Fsp3) is 0.0588. The van der Waals surface area contributed by atoms with Crippen LogP contribution in [0.4, 0.5) is 0 Å². The van der Waals surface area contributed by atoms with Crippen LogP contribution in [0.5, 0.6) is 5.75 Å². The smallest absolute Gasteiger partial charge is 0.261 e. The highest BCUT2D eigenvalue weighted by molar-refractivity contribution is 6.21. The SMILES string of the molecule is O=C1c2ccccc2C(=O)N1C/C=C/c1ccccc1O. The number of phenolic OH excluding ortho intramolecular Hbond substituents is 1. The van der Waals surface area contributed by atoms with Gasteiger partial charge in [-0.25, -0.2) is 0 Å². The maximum Gasteiger partial charge on any atom is 0.261 e. The lowest BCUT2D eigenvalue weighted by molar-refractivity contribution is 0.0672. The second kappa shape index (κ2) is 5.25.